The minimum atomic E-state index is -0.141. The van der Waals surface area contributed by atoms with Gasteiger partial charge in [-0.25, -0.2) is 5.43 Å². The SMILES string of the molecule is O=C(CSCc1cccc(Cl)c1)N/N=C\c1ccc(Cl)cc1. The van der Waals surface area contributed by atoms with Gasteiger partial charge in [-0.05, 0) is 35.4 Å². The highest BCUT2D eigenvalue weighted by Crippen LogP contribution is 2.16. The van der Waals surface area contributed by atoms with Crippen LogP contribution in [0.1, 0.15) is 11.1 Å². The highest BCUT2D eigenvalue weighted by atomic mass is 35.5. The first kappa shape index (κ1) is 16.9. The summed E-state index contributed by atoms with van der Waals surface area (Å²) in [5, 5.41) is 5.28. The van der Waals surface area contributed by atoms with Gasteiger partial charge in [0.2, 0.25) is 5.91 Å². The van der Waals surface area contributed by atoms with Gasteiger partial charge in [0.25, 0.3) is 0 Å². The van der Waals surface area contributed by atoms with Crippen molar-refractivity contribution in [2.24, 2.45) is 5.10 Å². The van der Waals surface area contributed by atoms with Crippen molar-refractivity contribution < 1.29 is 4.79 Å². The average Bonchev–Trinajstić information content (AvgIpc) is 2.49. The third kappa shape index (κ3) is 6.10. The van der Waals surface area contributed by atoms with Gasteiger partial charge in [-0.1, -0.05) is 47.5 Å². The molecule has 114 valence electrons. The number of carbonyl (C=O) groups is 1. The van der Waals surface area contributed by atoms with E-state index in [1.54, 1.807) is 18.3 Å². The second-order valence-electron chi connectivity index (χ2n) is 4.47. The van der Waals surface area contributed by atoms with E-state index in [0.717, 1.165) is 16.9 Å². The number of carbonyl (C=O) groups excluding carboxylic acids is 1. The lowest BCUT2D eigenvalue weighted by Gasteiger charge is -2.02. The number of amides is 1. The molecular formula is C16H14Cl2N2OS. The van der Waals surface area contributed by atoms with Crippen LogP contribution >= 0.6 is 35.0 Å². The van der Waals surface area contributed by atoms with Crippen LogP contribution in [0.4, 0.5) is 0 Å². The van der Waals surface area contributed by atoms with Crippen LogP contribution in [0, 0.1) is 0 Å². The molecule has 0 radical (unpaired) electrons. The molecule has 0 saturated heterocycles. The predicted octanol–water partition coefficient (Wildman–Crippen LogP) is 4.38. The van der Waals surface area contributed by atoms with Crippen molar-refractivity contribution in [1.82, 2.24) is 5.43 Å². The normalized spacial score (nSPS) is 10.8. The number of hydrogen-bond acceptors (Lipinski definition) is 3. The zero-order chi connectivity index (χ0) is 15.8. The van der Waals surface area contributed by atoms with Gasteiger partial charge in [0, 0.05) is 15.8 Å². The topological polar surface area (TPSA) is 41.5 Å². The number of rotatable bonds is 6. The van der Waals surface area contributed by atoms with Crippen LogP contribution in [-0.2, 0) is 10.5 Å². The summed E-state index contributed by atoms with van der Waals surface area (Å²) < 4.78 is 0. The summed E-state index contributed by atoms with van der Waals surface area (Å²) in [4.78, 5) is 11.7. The molecule has 0 bridgehead atoms. The molecule has 0 fully saturated rings. The van der Waals surface area contributed by atoms with Gasteiger partial charge in [-0.15, -0.1) is 11.8 Å². The van der Waals surface area contributed by atoms with Crippen LogP contribution in [-0.4, -0.2) is 17.9 Å². The van der Waals surface area contributed by atoms with Gasteiger partial charge in [0.1, 0.15) is 0 Å². The molecule has 2 aromatic carbocycles. The minimum absolute atomic E-state index is 0.141. The van der Waals surface area contributed by atoms with Gasteiger partial charge in [0.15, 0.2) is 0 Å². The molecule has 0 heterocycles. The lowest BCUT2D eigenvalue weighted by molar-refractivity contribution is -0.118. The molecule has 0 atom stereocenters. The highest BCUT2D eigenvalue weighted by molar-refractivity contribution is 7.99. The maximum absolute atomic E-state index is 11.7. The lowest BCUT2D eigenvalue weighted by atomic mass is 10.2. The Labute approximate surface area is 143 Å². The summed E-state index contributed by atoms with van der Waals surface area (Å²) >= 11 is 13.2. The first-order valence-electron chi connectivity index (χ1n) is 6.53. The number of halogens is 2. The largest absolute Gasteiger partial charge is 0.272 e. The Balaban J connectivity index is 1.70. The van der Waals surface area contributed by atoms with Gasteiger partial charge in [-0.2, -0.15) is 5.10 Å². The fourth-order valence-electron chi connectivity index (χ4n) is 1.65. The molecule has 0 unspecified atom stereocenters. The van der Waals surface area contributed by atoms with Crippen LogP contribution in [0.25, 0.3) is 0 Å². The Bertz CT molecular complexity index is 659. The molecular weight excluding hydrogens is 339 g/mol. The fraction of sp³-hybridized carbons (Fsp3) is 0.125. The van der Waals surface area contributed by atoms with E-state index in [9.17, 15) is 4.79 Å². The number of hydrazone groups is 1. The number of thioether (sulfide) groups is 1. The van der Waals surface area contributed by atoms with Crippen LogP contribution in [0.5, 0.6) is 0 Å². The Morgan fingerprint density at radius 1 is 1.14 bits per heavy atom. The number of hydrogen-bond donors (Lipinski definition) is 1. The molecule has 2 aromatic rings. The highest BCUT2D eigenvalue weighted by Gasteiger charge is 2.01. The molecule has 1 amide bonds. The van der Waals surface area contributed by atoms with Crippen molar-refractivity contribution in [2.45, 2.75) is 5.75 Å². The van der Waals surface area contributed by atoms with E-state index in [0.29, 0.717) is 15.8 Å². The maximum atomic E-state index is 11.7. The molecule has 2 rings (SSSR count). The van der Waals surface area contributed by atoms with Crippen molar-refractivity contribution in [3.8, 4) is 0 Å². The van der Waals surface area contributed by atoms with Crippen molar-refractivity contribution >= 4 is 47.1 Å². The Morgan fingerprint density at radius 3 is 2.64 bits per heavy atom. The number of nitrogens with one attached hydrogen (secondary N) is 1. The van der Waals surface area contributed by atoms with Gasteiger partial charge < -0.3 is 0 Å². The first-order chi connectivity index (χ1) is 10.6. The molecule has 0 aromatic heterocycles. The molecule has 0 saturated carbocycles. The Hall–Kier alpha value is -1.49. The molecule has 0 aliphatic rings. The van der Waals surface area contributed by atoms with Gasteiger partial charge in [-0.3, -0.25) is 4.79 Å². The lowest BCUT2D eigenvalue weighted by Crippen LogP contribution is -2.19. The summed E-state index contributed by atoms with van der Waals surface area (Å²) in [5.74, 6) is 0.927. The third-order valence-electron chi connectivity index (χ3n) is 2.66. The van der Waals surface area contributed by atoms with E-state index < -0.39 is 0 Å². The van der Waals surface area contributed by atoms with Crippen molar-refractivity contribution in [3.63, 3.8) is 0 Å². The second kappa shape index (κ2) is 8.83. The molecule has 1 N–H and O–H groups in total. The molecule has 0 spiro atoms. The average molecular weight is 353 g/mol. The van der Waals surface area contributed by atoms with E-state index in [1.165, 1.54) is 11.8 Å². The standard InChI is InChI=1S/C16H14Cl2N2OS/c17-14-6-4-12(5-7-14)9-19-20-16(21)11-22-10-13-2-1-3-15(18)8-13/h1-9H,10-11H2,(H,20,21)/b19-9-. The van der Waals surface area contributed by atoms with E-state index >= 15 is 0 Å². The molecule has 0 aliphatic heterocycles. The maximum Gasteiger partial charge on any atom is 0.250 e. The summed E-state index contributed by atoms with van der Waals surface area (Å²) in [5.41, 5.74) is 4.46. The summed E-state index contributed by atoms with van der Waals surface area (Å²) in [6.45, 7) is 0. The van der Waals surface area contributed by atoms with Crippen molar-refractivity contribution in [2.75, 3.05) is 5.75 Å². The van der Waals surface area contributed by atoms with E-state index in [-0.39, 0.29) is 5.91 Å². The first-order valence-corrected chi connectivity index (χ1v) is 8.44. The molecule has 3 nitrogen and oxygen atoms in total. The van der Waals surface area contributed by atoms with E-state index in [1.807, 2.05) is 36.4 Å². The minimum Gasteiger partial charge on any atom is -0.272 e. The fourth-order valence-corrected chi connectivity index (χ4v) is 2.75. The second-order valence-corrected chi connectivity index (χ2v) is 6.33. The predicted molar refractivity (Wildman–Crippen MR) is 94.8 cm³/mol. The van der Waals surface area contributed by atoms with Gasteiger partial charge in [0.05, 0.1) is 12.0 Å². The van der Waals surface area contributed by atoms with Crippen LogP contribution in [0.3, 0.4) is 0 Å². The summed E-state index contributed by atoms with van der Waals surface area (Å²) in [7, 11) is 0. The third-order valence-corrected chi connectivity index (χ3v) is 4.15. The van der Waals surface area contributed by atoms with Gasteiger partial charge >= 0.3 is 0 Å². The van der Waals surface area contributed by atoms with Crippen molar-refractivity contribution in [3.05, 3.63) is 69.7 Å². The number of benzene rings is 2. The molecule has 6 heteroatoms. The smallest absolute Gasteiger partial charge is 0.250 e. The van der Waals surface area contributed by atoms with Crippen LogP contribution < -0.4 is 5.43 Å². The van der Waals surface area contributed by atoms with E-state index in [4.69, 9.17) is 23.2 Å². The Kier molecular flexibility index (Phi) is 6.77. The molecule has 0 aliphatic carbocycles. The zero-order valence-corrected chi connectivity index (χ0v) is 14.0. The molecule has 22 heavy (non-hydrogen) atoms. The Morgan fingerprint density at radius 2 is 1.91 bits per heavy atom. The van der Waals surface area contributed by atoms with E-state index in [2.05, 4.69) is 10.5 Å². The van der Waals surface area contributed by atoms with Crippen LogP contribution in [0.2, 0.25) is 10.0 Å². The quantitative estimate of drug-likeness (QED) is 0.619. The monoisotopic (exact) mass is 352 g/mol. The number of nitrogens with zero attached hydrogens (tertiary/aromatic N) is 1. The summed E-state index contributed by atoms with van der Waals surface area (Å²) in [6, 6.07) is 14.8. The zero-order valence-electron chi connectivity index (χ0n) is 11.6. The van der Waals surface area contributed by atoms with Crippen molar-refractivity contribution in [1.29, 1.82) is 0 Å². The van der Waals surface area contributed by atoms with Crippen LogP contribution in [0.15, 0.2) is 53.6 Å². The summed E-state index contributed by atoms with van der Waals surface area (Å²) in [6.07, 6.45) is 1.58.